The van der Waals surface area contributed by atoms with E-state index in [9.17, 15) is 9.59 Å². The van der Waals surface area contributed by atoms with Crippen LogP contribution >= 0.6 is 0 Å². The van der Waals surface area contributed by atoms with Gasteiger partial charge in [0.05, 0.1) is 17.6 Å². The third kappa shape index (κ3) is 3.90. The van der Waals surface area contributed by atoms with Gasteiger partial charge in [0.1, 0.15) is 11.6 Å². The first kappa shape index (κ1) is 18.2. The van der Waals surface area contributed by atoms with Crippen molar-refractivity contribution >= 4 is 28.7 Å². The molecule has 146 valence electrons. The molecule has 1 fully saturated rings. The maximum absolute atomic E-state index is 12.4. The van der Waals surface area contributed by atoms with Crippen LogP contribution in [0, 0.1) is 5.92 Å². The Morgan fingerprint density at radius 1 is 1.21 bits per heavy atom. The number of aromatic nitrogens is 4. The van der Waals surface area contributed by atoms with Gasteiger partial charge in [0, 0.05) is 19.0 Å². The van der Waals surface area contributed by atoms with Crippen molar-refractivity contribution in [3.05, 3.63) is 41.9 Å². The molecule has 1 aromatic carbocycles. The van der Waals surface area contributed by atoms with Crippen LogP contribution in [0.1, 0.15) is 48.4 Å². The van der Waals surface area contributed by atoms with Crippen LogP contribution in [-0.4, -0.2) is 31.6 Å². The number of aryl methyl sites for hydroxylation is 1. The van der Waals surface area contributed by atoms with Crippen molar-refractivity contribution in [1.82, 2.24) is 25.1 Å². The number of nitrogens with zero attached hydrogens (tertiary/aromatic N) is 3. The van der Waals surface area contributed by atoms with Crippen molar-refractivity contribution < 1.29 is 9.59 Å². The van der Waals surface area contributed by atoms with E-state index in [1.807, 2.05) is 24.3 Å². The minimum Gasteiger partial charge on any atom is -0.343 e. The first-order chi connectivity index (χ1) is 13.6. The molecule has 1 aliphatic rings. The van der Waals surface area contributed by atoms with Gasteiger partial charge in [0.2, 0.25) is 5.91 Å². The van der Waals surface area contributed by atoms with Crippen LogP contribution in [0.4, 0.5) is 5.82 Å². The van der Waals surface area contributed by atoms with Crippen molar-refractivity contribution in [2.75, 3.05) is 5.32 Å². The van der Waals surface area contributed by atoms with Crippen LogP contribution in [0.2, 0.25) is 0 Å². The summed E-state index contributed by atoms with van der Waals surface area (Å²) in [6.07, 6.45) is 5.24. The van der Waals surface area contributed by atoms with Crippen LogP contribution in [0.15, 0.2) is 30.3 Å². The normalized spacial score (nSPS) is 14.9. The smallest absolute Gasteiger partial charge is 0.272 e. The molecule has 1 aliphatic carbocycles. The number of anilines is 1. The van der Waals surface area contributed by atoms with Crippen LogP contribution in [-0.2, 0) is 18.4 Å². The molecule has 8 heteroatoms. The van der Waals surface area contributed by atoms with Gasteiger partial charge in [-0.1, -0.05) is 31.4 Å². The van der Waals surface area contributed by atoms with Gasteiger partial charge >= 0.3 is 0 Å². The minimum absolute atomic E-state index is 0.0110. The SMILES string of the molecule is Cn1nc(C(=O)NCc2nc3ccccc3[nH]2)cc1NC(=O)C1CCCCC1. The Bertz CT molecular complexity index is 966. The molecule has 0 bridgehead atoms. The van der Waals surface area contributed by atoms with Crippen molar-refractivity contribution in [1.29, 1.82) is 0 Å². The molecule has 2 heterocycles. The molecule has 0 aliphatic heterocycles. The molecule has 0 radical (unpaired) electrons. The lowest BCUT2D eigenvalue weighted by atomic mass is 9.89. The number of hydrogen-bond donors (Lipinski definition) is 3. The van der Waals surface area contributed by atoms with E-state index >= 15 is 0 Å². The number of amides is 2. The van der Waals surface area contributed by atoms with Crippen molar-refractivity contribution in [2.45, 2.75) is 38.6 Å². The number of H-pyrrole nitrogens is 1. The molecule has 2 aromatic heterocycles. The third-order valence-electron chi connectivity index (χ3n) is 5.19. The Labute approximate surface area is 162 Å². The van der Waals surface area contributed by atoms with E-state index in [4.69, 9.17) is 0 Å². The number of carbonyl (C=O) groups excluding carboxylic acids is 2. The van der Waals surface area contributed by atoms with E-state index in [1.54, 1.807) is 13.1 Å². The van der Waals surface area contributed by atoms with Crippen LogP contribution in [0.25, 0.3) is 11.0 Å². The Morgan fingerprint density at radius 2 is 2.00 bits per heavy atom. The molecule has 0 spiro atoms. The van der Waals surface area contributed by atoms with Crippen molar-refractivity contribution in [2.24, 2.45) is 13.0 Å². The summed E-state index contributed by atoms with van der Waals surface area (Å²) in [5.74, 6) is 0.959. The van der Waals surface area contributed by atoms with Crippen LogP contribution in [0.5, 0.6) is 0 Å². The van der Waals surface area contributed by atoms with Crippen LogP contribution in [0.3, 0.4) is 0 Å². The fourth-order valence-corrected chi connectivity index (χ4v) is 3.63. The molecular formula is C20H24N6O2. The highest BCUT2D eigenvalue weighted by molar-refractivity contribution is 5.96. The van der Waals surface area contributed by atoms with E-state index in [0.717, 1.165) is 36.7 Å². The largest absolute Gasteiger partial charge is 0.343 e. The quantitative estimate of drug-likeness (QED) is 0.633. The number of hydrogen-bond acceptors (Lipinski definition) is 4. The standard InChI is InChI=1S/C20H24N6O2/c1-26-18(24-19(27)13-7-3-2-4-8-13)11-16(25-26)20(28)21-12-17-22-14-9-5-6-10-15(14)23-17/h5-6,9-11,13H,2-4,7-8,12H2,1H3,(H,21,28)(H,22,23)(H,24,27). The molecule has 8 nitrogen and oxygen atoms in total. The monoisotopic (exact) mass is 380 g/mol. The summed E-state index contributed by atoms with van der Waals surface area (Å²) in [4.78, 5) is 32.5. The molecular weight excluding hydrogens is 356 g/mol. The molecule has 0 saturated heterocycles. The summed E-state index contributed by atoms with van der Waals surface area (Å²) in [6.45, 7) is 0.272. The number of carbonyl (C=O) groups is 2. The average Bonchev–Trinajstić information content (AvgIpc) is 3.30. The second-order valence-electron chi connectivity index (χ2n) is 7.25. The number of rotatable bonds is 5. The Hall–Kier alpha value is -3.16. The minimum atomic E-state index is -0.311. The molecule has 4 rings (SSSR count). The zero-order valence-electron chi connectivity index (χ0n) is 15.9. The number of nitrogens with one attached hydrogen (secondary N) is 3. The predicted octanol–water partition coefficient (Wildman–Crippen LogP) is 2.75. The molecule has 3 aromatic rings. The van der Waals surface area contributed by atoms with Gasteiger partial charge in [-0.2, -0.15) is 5.10 Å². The lowest BCUT2D eigenvalue weighted by Crippen LogP contribution is -2.25. The summed E-state index contributed by atoms with van der Waals surface area (Å²) in [5, 5.41) is 9.95. The second-order valence-corrected chi connectivity index (χ2v) is 7.25. The van der Waals surface area contributed by atoms with Gasteiger partial charge in [0.25, 0.3) is 5.91 Å². The zero-order valence-corrected chi connectivity index (χ0v) is 15.9. The summed E-state index contributed by atoms with van der Waals surface area (Å²) in [5.41, 5.74) is 2.05. The van der Waals surface area contributed by atoms with Crippen molar-refractivity contribution in [3.8, 4) is 0 Å². The number of para-hydroxylation sites is 2. The highest BCUT2D eigenvalue weighted by Gasteiger charge is 2.22. The van der Waals surface area contributed by atoms with Gasteiger partial charge in [-0.15, -0.1) is 0 Å². The maximum atomic E-state index is 12.4. The number of aromatic amines is 1. The summed E-state index contributed by atoms with van der Waals surface area (Å²) >= 11 is 0. The van der Waals surface area contributed by atoms with E-state index in [0.29, 0.717) is 11.6 Å². The maximum Gasteiger partial charge on any atom is 0.272 e. The summed E-state index contributed by atoms with van der Waals surface area (Å²) in [7, 11) is 1.71. The summed E-state index contributed by atoms with van der Waals surface area (Å²) in [6, 6.07) is 9.31. The molecule has 0 unspecified atom stereocenters. The number of benzene rings is 1. The zero-order chi connectivity index (χ0) is 19.5. The highest BCUT2D eigenvalue weighted by Crippen LogP contribution is 2.25. The number of fused-ring (bicyclic) bond motifs is 1. The average molecular weight is 380 g/mol. The highest BCUT2D eigenvalue weighted by atomic mass is 16.2. The molecule has 2 amide bonds. The van der Waals surface area contributed by atoms with Gasteiger partial charge in [-0.05, 0) is 25.0 Å². The van der Waals surface area contributed by atoms with Crippen LogP contribution < -0.4 is 10.6 Å². The summed E-state index contributed by atoms with van der Waals surface area (Å²) < 4.78 is 1.52. The Balaban J connectivity index is 1.37. The Kier molecular flexibility index (Phi) is 5.10. The lowest BCUT2D eigenvalue weighted by molar-refractivity contribution is -0.120. The molecule has 28 heavy (non-hydrogen) atoms. The van der Waals surface area contributed by atoms with Gasteiger partial charge < -0.3 is 15.6 Å². The van der Waals surface area contributed by atoms with Gasteiger partial charge in [0.15, 0.2) is 5.69 Å². The lowest BCUT2D eigenvalue weighted by Gasteiger charge is -2.20. The fourth-order valence-electron chi connectivity index (χ4n) is 3.63. The predicted molar refractivity (Wildman–Crippen MR) is 106 cm³/mol. The van der Waals surface area contributed by atoms with E-state index in [2.05, 4.69) is 25.7 Å². The molecule has 3 N–H and O–H groups in total. The second kappa shape index (κ2) is 7.84. The third-order valence-corrected chi connectivity index (χ3v) is 5.19. The van der Waals surface area contributed by atoms with E-state index < -0.39 is 0 Å². The first-order valence-corrected chi connectivity index (χ1v) is 9.67. The fraction of sp³-hybridized carbons (Fsp3) is 0.400. The first-order valence-electron chi connectivity index (χ1n) is 9.67. The van der Waals surface area contributed by atoms with Gasteiger partial charge in [-0.25, -0.2) is 4.98 Å². The van der Waals surface area contributed by atoms with Gasteiger partial charge in [-0.3, -0.25) is 14.3 Å². The number of imidazole rings is 1. The molecule has 1 saturated carbocycles. The Morgan fingerprint density at radius 3 is 2.79 bits per heavy atom. The van der Waals surface area contributed by atoms with Crippen molar-refractivity contribution in [3.63, 3.8) is 0 Å². The van der Waals surface area contributed by atoms with E-state index in [1.165, 1.54) is 11.1 Å². The topological polar surface area (TPSA) is 105 Å². The van der Waals surface area contributed by atoms with E-state index in [-0.39, 0.29) is 30.0 Å². The molecule has 0 atom stereocenters.